The van der Waals surface area contributed by atoms with Crippen LogP contribution >= 0.6 is 23.1 Å². The first-order valence-electron chi connectivity index (χ1n) is 10.1. The fourth-order valence-electron chi connectivity index (χ4n) is 3.52. The van der Waals surface area contributed by atoms with E-state index in [9.17, 15) is 9.59 Å². The largest absolute Gasteiger partial charge is 0.362 e. The zero-order valence-electron chi connectivity index (χ0n) is 17.3. The number of nitrogens with one attached hydrogen (secondary N) is 2. The van der Waals surface area contributed by atoms with Crippen molar-refractivity contribution in [2.24, 2.45) is 0 Å². The summed E-state index contributed by atoms with van der Waals surface area (Å²) in [4.78, 5) is 32.3. The lowest BCUT2D eigenvalue weighted by molar-refractivity contribution is -0.120. The molecule has 6 nitrogen and oxygen atoms in total. The second-order valence-corrected chi connectivity index (χ2v) is 9.44. The van der Waals surface area contributed by atoms with Crippen molar-refractivity contribution in [3.8, 4) is 0 Å². The number of aromatic nitrogens is 1. The lowest BCUT2D eigenvalue weighted by Crippen LogP contribution is -2.47. The van der Waals surface area contributed by atoms with Crippen molar-refractivity contribution in [2.75, 3.05) is 18.0 Å². The van der Waals surface area contributed by atoms with Crippen LogP contribution in [0.25, 0.3) is 0 Å². The Balaban J connectivity index is 1.25. The van der Waals surface area contributed by atoms with Crippen LogP contribution < -0.4 is 15.8 Å². The van der Waals surface area contributed by atoms with Gasteiger partial charge in [-0.3, -0.25) is 20.4 Å². The number of carbonyl (C=O) groups is 2. The number of hydrogen-bond donors (Lipinski definition) is 2. The Kier molecular flexibility index (Phi) is 6.89. The number of thiazole rings is 1. The van der Waals surface area contributed by atoms with Gasteiger partial charge in [-0.2, -0.15) is 0 Å². The van der Waals surface area contributed by atoms with Crippen molar-refractivity contribution in [3.63, 3.8) is 0 Å². The van der Waals surface area contributed by atoms with E-state index in [-0.39, 0.29) is 18.4 Å². The Bertz CT molecular complexity index is 1070. The second kappa shape index (κ2) is 9.98. The molecule has 0 atom stereocenters. The number of nitrogens with zero attached hydrogens (tertiary/aromatic N) is 2. The summed E-state index contributed by atoms with van der Waals surface area (Å²) in [6.45, 7) is 3.04. The minimum absolute atomic E-state index is 0.211. The minimum Gasteiger partial charge on any atom is -0.362 e. The lowest BCUT2D eigenvalue weighted by atomic mass is 10.0. The summed E-state index contributed by atoms with van der Waals surface area (Å²) in [6, 6.07) is 15.5. The van der Waals surface area contributed by atoms with Crippen LogP contribution in [0.5, 0.6) is 0 Å². The molecule has 1 aliphatic heterocycles. The van der Waals surface area contributed by atoms with E-state index >= 15 is 0 Å². The average molecular weight is 453 g/mol. The summed E-state index contributed by atoms with van der Waals surface area (Å²) in [5.74, 6) is 0.223. The molecule has 1 aliphatic rings. The Morgan fingerprint density at radius 2 is 1.94 bits per heavy atom. The number of amides is 2. The predicted molar refractivity (Wildman–Crippen MR) is 125 cm³/mol. The molecule has 2 N–H and O–H groups in total. The zero-order valence-corrected chi connectivity index (χ0v) is 18.9. The molecule has 0 unspecified atom stereocenters. The van der Waals surface area contributed by atoms with Crippen LogP contribution in [0.4, 0.5) is 5.69 Å². The maximum Gasteiger partial charge on any atom is 0.269 e. The van der Waals surface area contributed by atoms with Gasteiger partial charge in [0.1, 0.15) is 0 Å². The summed E-state index contributed by atoms with van der Waals surface area (Å²) >= 11 is 3.32. The summed E-state index contributed by atoms with van der Waals surface area (Å²) < 4.78 is 0. The molecule has 0 spiro atoms. The first-order valence-corrected chi connectivity index (χ1v) is 12.0. The van der Waals surface area contributed by atoms with E-state index in [0.29, 0.717) is 5.56 Å². The van der Waals surface area contributed by atoms with Crippen LogP contribution in [-0.4, -0.2) is 29.9 Å². The number of hydrazine groups is 1. The Morgan fingerprint density at radius 1 is 1.13 bits per heavy atom. The molecule has 8 heteroatoms. The van der Waals surface area contributed by atoms with Gasteiger partial charge in [0.15, 0.2) is 0 Å². The van der Waals surface area contributed by atoms with Crippen LogP contribution in [0.15, 0.2) is 58.8 Å². The third kappa shape index (κ3) is 5.65. The zero-order chi connectivity index (χ0) is 21.6. The third-order valence-corrected chi connectivity index (χ3v) is 6.89. The number of benzene rings is 2. The normalized spacial score (nSPS) is 12.9. The number of hydrogen-bond acceptors (Lipinski definition) is 6. The summed E-state index contributed by atoms with van der Waals surface area (Å²) in [5, 5.41) is 3.13. The summed E-state index contributed by atoms with van der Waals surface area (Å²) in [5.41, 5.74) is 8.95. The predicted octanol–water partition coefficient (Wildman–Crippen LogP) is 3.96. The number of fused-ring (bicyclic) bond motifs is 1. The maximum atomic E-state index is 12.4. The first kappa shape index (κ1) is 21.4. The molecule has 31 heavy (non-hydrogen) atoms. The highest BCUT2D eigenvalue weighted by molar-refractivity contribution is 7.98. The highest BCUT2D eigenvalue weighted by Crippen LogP contribution is 2.26. The first-order chi connectivity index (χ1) is 15.1. The van der Waals surface area contributed by atoms with E-state index in [1.54, 1.807) is 35.2 Å². The number of anilines is 1. The molecule has 2 heterocycles. The van der Waals surface area contributed by atoms with E-state index in [4.69, 9.17) is 0 Å². The van der Waals surface area contributed by atoms with Crippen LogP contribution in [0.1, 0.15) is 33.0 Å². The van der Waals surface area contributed by atoms with E-state index in [2.05, 4.69) is 32.2 Å². The summed E-state index contributed by atoms with van der Waals surface area (Å²) in [6.07, 6.45) is 2.05. The van der Waals surface area contributed by atoms with Crippen LogP contribution in [-0.2, 0) is 17.0 Å². The molecule has 2 amide bonds. The van der Waals surface area contributed by atoms with Crippen molar-refractivity contribution < 1.29 is 9.59 Å². The molecule has 0 saturated heterocycles. The lowest BCUT2D eigenvalue weighted by Gasteiger charge is -2.30. The topological polar surface area (TPSA) is 74.3 Å². The van der Waals surface area contributed by atoms with Crippen molar-refractivity contribution in [1.29, 1.82) is 0 Å². The molecule has 0 fully saturated rings. The highest BCUT2D eigenvalue weighted by atomic mass is 32.2. The molecule has 4 rings (SSSR count). The van der Waals surface area contributed by atoms with Crippen molar-refractivity contribution in [3.05, 3.63) is 75.7 Å². The molecule has 0 saturated carbocycles. The average Bonchev–Trinajstić information content (AvgIpc) is 3.22. The molecule has 2 aromatic carbocycles. The van der Waals surface area contributed by atoms with Gasteiger partial charge < -0.3 is 4.90 Å². The fraction of sp³-hybridized carbons (Fsp3) is 0.261. The van der Waals surface area contributed by atoms with Gasteiger partial charge in [0.2, 0.25) is 0 Å². The van der Waals surface area contributed by atoms with E-state index in [1.165, 1.54) is 5.56 Å². The number of para-hydroxylation sites is 1. The van der Waals surface area contributed by atoms with Crippen molar-refractivity contribution in [2.45, 2.75) is 30.4 Å². The Labute approximate surface area is 190 Å². The van der Waals surface area contributed by atoms with E-state index in [1.807, 2.05) is 37.3 Å². The standard InChI is InChI=1S/C23H24N4O2S2/c1-16-24-19(14-30-16)15-31-20-10-8-18(9-11-20)23(29)26-25-22(28)13-27-12-4-6-17-5-2-3-7-21(17)27/h2-3,5,7-11,14H,4,6,12-13,15H2,1H3,(H,25,28)(H,26,29). The van der Waals surface area contributed by atoms with Crippen LogP contribution in [0.2, 0.25) is 0 Å². The highest BCUT2D eigenvalue weighted by Gasteiger charge is 2.19. The van der Waals surface area contributed by atoms with Gasteiger partial charge in [-0.05, 0) is 55.7 Å². The van der Waals surface area contributed by atoms with Gasteiger partial charge in [-0.1, -0.05) is 18.2 Å². The molecule has 3 aromatic rings. The Hall–Kier alpha value is -2.84. The van der Waals surface area contributed by atoms with Crippen molar-refractivity contribution >= 4 is 40.6 Å². The minimum atomic E-state index is -0.334. The Morgan fingerprint density at radius 3 is 2.71 bits per heavy atom. The van der Waals surface area contributed by atoms with Gasteiger partial charge in [0, 0.05) is 33.8 Å². The van der Waals surface area contributed by atoms with Gasteiger partial charge in [-0.15, -0.1) is 23.1 Å². The molecular weight excluding hydrogens is 428 g/mol. The SMILES string of the molecule is Cc1nc(CSc2ccc(C(=O)NNC(=O)CN3CCCc4ccccc43)cc2)cs1. The number of thioether (sulfide) groups is 1. The molecule has 160 valence electrons. The smallest absolute Gasteiger partial charge is 0.269 e. The molecule has 0 radical (unpaired) electrons. The quantitative estimate of drug-likeness (QED) is 0.438. The number of rotatable bonds is 6. The molecule has 0 aliphatic carbocycles. The van der Waals surface area contributed by atoms with Crippen molar-refractivity contribution in [1.82, 2.24) is 15.8 Å². The van der Waals surface area contributed by atoms with Gasteiger partial charge in [0.05, 0.1) is 17.2 Å². The van der Waals surface area contributed by atoms with Gasteiger partial charge >= 0.3 is 0 Å². The van der Waals surface area contributed by atoms with Gasteiger partial charge in [-0.25, -0.2) is 4.98 Å². The monoisotopic (exact) mass is 452 g/mol. The number of aryl methyl sites for hydroxylation is 2. The molecule has 1 aromatic heterocycles. The van der Waals surface area contributed by atoms with Crippen LogP contribution in [0.3, 0.4) is 0 Å². The second-order valence-electron chi connectivity index (χ2n) is 7.33. The third-order valence-electron chi connectivity index (χ3n) is 5.03. The molecule has 0 bridgehead atoms. The maximum absolute atomic E-state index is 12.4. The van der Waals surface area contributed by atoms with E-state index in [0.717, 1.165) is 46.4 Å². The molecular formula is C23H24N4O2S2. The number of carbonyl (C=O) groups excluding carboxylic acids is 2. The fourth-order valence-corrected chi connectivity index (χ4v) is 5.03. The van der Waals surface area contributed by atoms with Crippen LogP contribution in [0, 0.1) is 6.92 Å². The summed E-state index contributed by atoms with van der Waals surface area (Å²) in [7, 11) is 0. The van der Waals surface area contributed by atoms with E-state index < -0.39 is 0 Å². The van der Waals surface area contributed by atoms with Gasteiger partial charge in [0.25, 0.3) is 11.8 Å².